The Morgan fingerprint density at radius 3 is 2.68 bits per heavy atom. The van der Waals surface area contributed by atoms with E-state index in [2.05, 4.69) is 41.4 Å². The molecular formula is C17H33IN6O. The summed E-state index contributed by atoms with van der Waals surface area (Å²) in [6.45, 7) is 13.7. The molecular weight excluding hydrogens is 431 g/mol. The van der Waals surface area contributed by atoms with Gasteiger partial charge in [-0.15, -0.1) is 24.0 Å². The molecule has 0 radical (unpaired) electrons. The fourth-order valence-electron chi connectivity index (χ4n) is 2.77. The van der Waals surface area contributed by atoms with Crippen LogP contribution in [0.1, 0.15) is 20.8 Å². The van der Waals surface area contributed by atoms with Crippen LogP contribution in [0.2, 0.25) is 0 Å². The van der Waals surface area contributed by atoms with Gasteiger partial charge in [-0.3, -0.25) is 14.6 Å². The number of hydrogen-bond donors (Lipinski definition) is 2. The van der Waals surface area contributed by atoms with Crippen molar-refractivity contribution in [2.24, 2.45) is 10.9 Å². The third-order valence-corrected chi connectivity index (χ3v) is 4.20. The van der Waals surface area contributed by atoms with Crippen molar-refractivity contribution in [2.75, 3.05) is 45.9 Å². The standard InChI is InChI=1S/C17H32N6O.HI/c1-4-18-17(19-12-15(2)14-23-7-5-6-21-23)20-13-16(3)22-8-10-24-11-9-22;/h5-7,15-16H,4,8-14H2,1-3H3,(H2,18,19,20);1H. The topological polar surface area (TPSA) is 66.7 Å². The number of nitrogens with zero attached hydrogens (tertiary/aromatic N) is 4. The number of rotatable bonds is 8. The molecule has 0 bridgehead atoms. The van der Waals surface area contributed by atoms with Crippen molar-refractivity contribution in [1.82, 2.24) is 25.3 Å². The van der Waals surface area contributed by atoms with Gasteiger partial charge in [0.15, 0.2) is 5.96 Å². The van der Waals surface area contributed by atoms with Gasteiger partial charge in [-0.25, -0.2) is 0 Å². The van der Waals surface area contributed by atoms with Crippen molar-refractivity contribution in [2.45, 2.75) is 33.4 Å². The average molecular weight is 464 g/mol. The van der Waals surface area contributed by atoms with Crippen LogP contribution >= 0.6 is 24.0 Å². The molecule has 8 heteroatoms. The van der Waals surface area contributed by atoms with Crippen LogP contribution in [-0.4, -0.2) is 72.6 Å². The molecule has 0 amide bonds. The van der Waals surface area contributed by atoms with Gasteiger partial charge >= 0.3 is 0 Å². The number of hydrogen-bond acceptors (Lipinski definition) is 4. The largest absolute Gasteiger partial charge is 0.379 e. The lowest BCUT2D eigenvalue weighted by Gasteiger charge is -2.32. The number of halogens is 1. The van der Waals surface area contributed by atoms with Crippen molar-refractivity contribution in [1.29, 1.82) is 0 Å². The number of aliphatic imine (C=N–C) groups is 1. The molecule has 144 valence electrons. The quantitative estimate of drug-likeness (QED) is 0.346. The summed E-state index contributed by atoms with van der Waals surface area (Å²) in [6.07, 6.45) is 3.81. The smallest absolute Gasteiger partial charge is 0.191 e. The molecule has 1 aliphatic heterocycles. The molecule has 1 fully saturated rings. The van der Waals surface area contributed by atoms with E-state index in [4.69, 9.17) is 9.73 Å². The summed E-state index contributed by atoms with van der Waals surface area (Å²) in [4.78, 5) is 7.18. The molecule has 2 unspecified atom stereocenters. The van der Waals surface area contributed by atoms with Crippen LogP contribution in [0.5, 0.6) is 0 Å². The third kappa shape index (κ3) is 8.37. The van der Waals surface area contributed by atoms with E-state index in [1.54, 1.807) is 0 Å². The fourth-order valence-corrected chi connectivity index (χ4v) is 2.77. The van der Waals surface area contributed by atoms with Crippen LogP contribution in [0.4, 0.5) is 0 Å². The second kappa shape index (κ2) is 12.5. The van der Waals surface area contributed by atoms with E-state index < -0.39 is 0 Å². The number of aromatic nitrogens is 2. The molecule has 2 rings (SSSR count). The summed E-state index contributed by atoms with van der Waals surface area (Å²) in [6, 6.07) is 2.42. The molecule has 0 aromatic carbocycles. The summed E-state index contributed by atoms with van der Waals surface area (Å²) < 4.78 is 7.38. The summed E-state index contributed by atoms with van der Waals surface area (Å²) in [5.74, 6) is 1.34. The summed E-state index contributed by atoms with van der Waals surface area (Å²) in [7, 11) is 0. The van der Waals surface area contributed by atoms with Crippen LogP contribution < -0.4 is 10.6 Å². The van der Waals surface area contributed by atoms with Crippen LogP contribution in [0.15, 0.2) is 23.5 Å². The zero-order chi connectivity index (χ0) is 17.2. The minimum Gasteiger partial charge on any atom is -0.379 e. The predicted octanol–water partition coefficient (Wildman–Crippen LogP) is 1.41. The Labute approximate surface area is 168 Å². The van der Waals surface area contributed by atoms with Crippen molar-refractivity contribution >= 4 is 29.9 Å². The zero-order valence-electron chi connectivity index (χ0n) is 15.6. The first-order valence-electron chi connectivity index (χ1n) is 9.00. The third-order valence-electron chi connectivity index (χ3n) is 4.20. The van der Waals surface area contributed by atoms with Gasteiger partial charge in [0.1, 0.15) is 0 Å². The van der Waals surface area contributed by atoms with E-state index in [0.29, 0.717) is 12.0 Å². The minimum absolute atomic E-state index is 0. The first kappa shape index (κ1) is 22.2. The van der Waals surface area contributed by atoms with Crippen LogP contribution in [0.25, 0.3) is 0 Å². The maximum Gasteiger partial charge on any atom is 0.191 e. The maximum absolute atomic E-state index is 5.42. The van der Waals surface area contributed by atoms with Gasteiger partial charge in [-0.1, -0.05) is 6.92 Å². The average Bonchev–Trinajstić information content (AvgIpc) is 3.10. The van der Waals surface area contributed by atoms with Crippen molar-refractivity contribution in [3.05, 3.63) is 18.5 Å². The molecule has 1 aromatic rings. The Balaban J connectivity index is 0.00000312. The number of morpholine rings is 1. The summed E-state index contributed by atoms with van der Waals surface area (Å²) in [5, 5.41) is 11.0. The van der Waals surface area contributed by atoms with E-state index in [1.807, 2.05) is 23.1 Å². The number of ether oxygens (including phenoxy) is 1. The molecule has 7 nitrogen and oxygen atoms in total. The van der Waals surface area contributed by atoms with Gasteiger partial charge in [-0.05, 0) is 25.8 Å². The van der Waals surface area contributed by atoms with Crippen molar-refractivity contribution < 1.29 is 4.74 Å². The lowest BCUT2D eigenvalue weighted by Crippen LogP contribution is -2.49. The highest BCUT2D eigenvalue weighted by atomic mass is 127. The van der Waals surface area contributed by atoms with Gasteiger partial charge in [0.2, 0.25) is 0 Å². The first-order chi connectivity index (χ1) is 11.7. The van der Waals surface area contributed by atoms with Gasteiger partial charge in [0.05, 0.1) is 13.2 Å². The highest BCUT2D eigenvalue weighted by Crippen LogP contribution is 2.03. The molecule has 2 N–H and O–H groups in total. The predicted molar refractivity (Wildman–Crippen MR) is 113 cm³/mol. The summed E-state index contributed by atoms with van der Waals surface area (Å²) >= 11 is 0. The monoisotopic (exact) mass is 464 g/mol. The van der Waals surface area contributed by atoms with E-state index >= 15 is 0 Å². The number of guanidine groups is 1. The SMILES string of the molecule is CCNC(=NCC(C)Cn1cccn1)NCC(C)N1CCOCC1.I. The van der Waals surface area contributed by atoms with Crippen LogP contribution in [0, 0.1) is 5.92 Å². The molecule has 1 saturated heterocycles. The second-order valence-electron chi connectivity index (χ2n) is 6.43. The van der Waals surface area contributed by atoms with Gasteiger partial charge < -0.3 is 15.4 Å². The van der Waals surface area contributed by atoms with E-state index in [1.165, 1.54) is 0 Å². The Hall–Kier alpha value is -0.870. The Kier molecular flexibility index (Phi) is 11.1. The fraction of sp³-hybridized carbons (Fsp3) is 0.765. The van der Waals surface area contributed by atoms with Crippen LogP contribution in [0.3, 0.4) is 0 Å². The highest BCUT2D eigenvalue weighted by Gasteiger charge is 2.17. The molecule has 2 atom stereocenters. The second-order valence-corrected chi connectivity index (χ2v) is 6.43. The van der Waals surface area contributed by atoms with Gasteiger partial charge in [-0.2, -0.15) is 5.10 Å². The summed E-state index contributed by atoms with van der Waals surface area (Å²) in [5.41, 5.74) is 0. The molecule has 2 heterocycles. The maximum atomic E-state index is 5.42. The normalized spacial score (nSPS) is 18.3. The van der Waals surface area contributed by atoms with Crippen molar-refractivity contribution in [3.63, 3.8) is 0 Å². The highest BCUT2D eigenvalue weighted by molar-refractivity contribution is 14.0. The van der Waals surface area contributed by atoms with Crippen LogP contribution in [-0.2, 0) is 11.3 Å². The van der Waals surface area contributed by atoms with E-state index in [9.17, 15) is 0 Å². The Morgan fingerprint density at radius 2 is 2.04 bits per heavy atom. The van der Waals surface area contributed by atoms with E-state index in [-0.39, 0.29) is 24.0 Å². The zero-order valence-corrected chi connectivity index (χ0v) is 18.0. The lowest BCUT2D eigenvalue weighted by atomic mass is 10.2. The van der Waals surface area contributed by atoms with Gasteiger partial charge in [0, 0.05) is 57.7 Å². The Bertz CT molecular complexity index is 475. The molecule has 0 aliphatic carbocycles. The lowest BCUT2D eigenvalue weighted by molar-refractivity contribution is 0.0211. The number of nitrogens with one attached hydrogen (secondary N) is 2. The molecule has 25 heavy (non-hydrogen) atoms. The van der Waals surface area contributed by atoms with Gasteiger partial charge in [0.25, 0.3) is 0 Å². The van der Waals surface area contributed by atoms with E-state index in [0.717, 1.165) is 58.4 Å². The minimum atomic E-state index is 0. The first-order valence-corrected chi connectivity index (χ1v) is 9.00. The molecule has 1 aromatic heterocycles. The molecule has 0 spiro atoms. The molecule has 1 aliphatic rings. The Morgan fingerprint density at radius 1 is 1.28 bits per heavy atom. The van der Waals surface area contributed by atoms with Crippen molar-refractivity contribution in [3.8, 4) is 0 Å². The molecule has 0 saturated carbocycles.